The molecule has 0 aliphatic carbocycles. The zero-order chi connectivity index (χ0) is 12.7. The first-order valence-corrected chi connectivity index (χ1v) is 8.18. The standard InChI is InChI=1S/C15H25ClS/c1-4-7-10-15(6-3,12-16)11-14-9-8-13(5-2)17-14/h8-9H,4-7,10-12H2,1-3H3. The molecular formula is C15H25ClS. The summed E-state index contributed by atoms with van der Waals surface area (Å²) in [7, 11) is 0. The summed E-state index contributed by atoms with van der Waals surface area (Å²) in [5.41, 5.74) is 0.327. The van der Waals surface area contributed by atoms with Crippen LogP contribution in [0.3, 0.4) is 0 Å². The van der Waals surface area contributed by atoms with Crippen LogP contribution in [0.25, 0.3) is 0 Å². The van der Waals surface area contributed by atoms with Crippen LogP contribution >= 0.6 is 22.9 Å². The molecule has 2 heteroatoms. The molecule has 0 N–H and O–H groups in total. The van der Waals surface area contributed by atoms with Crippen LogP contribution in [-0.4, -0.2) is 5.88 Å². The number of aryl methyl sites for hydroxylation is 1. The van der Waals surface area contributed by atoms with Crippen molar-refractivity contribution in [3.8, 4) is 0 Å². The van der Waals surface area contributed by atoms with Gasteiger partial charge < -0.3 is 0 Å². The minimum Gasteiger partial charge on any atom is -0.145 e. The molecule has 0 spiro atoms. The molecule has 0 amide bonds. The van der Waals surface area contributed by atoms with Crippen LogP contribution in [0.15, 0.2) is 12.1 Å². The zero-order valence-electron chi connectivity index (χ0n) is 11.4. The zero-order valence-corrected chi connectivity index (χ0v) is 13.0. The molecule has 0 fully saturated rings. The minimum atomic E-state index is 0.327. The van der Waals surface area contributed by atoms with Crippen LogP contribution in [0, 0.1) is 5.41 Å². The smallest absolute Gasteiger partial charge is 0.0283 e. The van der Waals surface area contributed by atoms with Gasteiger partial charge >= 0.3 is 0 Å². The van der Waals surface area contributed by atoms with E-state index in [4.69, 9.17) is 11.6 Å². The van der Waals surface area contributed by atoms with Gasteiger partial charge in [0.1, 0.15) is 0 Å². The summed E-state index contributed by atoms with van der Waals surface area (Å²) in [5, 5.41) is 0. The van der Waals surface area contributed by atoms with E-state index >= 15 is 0 Å². The van der Waals surface area contributed by atoms with Gasteiger partial charge in [-0.2, -0.15) is 0 Å². The fourth-order valence-corrected chi connectivity index (χ4v) is 3.78. The topological polar surface area (TPSA) is 0 Å². The van der Waals surface area contributed by atoms with E-state index in [2.05, 4.69) is 32.9 Å². The van der Waals surface area contributed by atoms with Crippen molar-refractivity contribution in [3.05, 3.63) is 21.9 Å². The molecule has 0 aliphatic rings. The summed E-state index contributed by atoms with van der Waals surface area (Å²) in [6.07, 6.45) is 7.34. The third-order valence-electron chi connectivity index (χ3n) is 3.71. The lowest BCUT2D eigenvalue weighted by molar-refractivity contribution is 0.281. The molecule has 0 aromatic carbocycles. The first-order valence-electron chi connectivity index (χ1n) is 6.83. The highest BCUT2D eigenvalue weighted by Crippen LogP contribution is 2.36. The van der Waals surface area contributed by atoms with Gasteiger partial charge in [0.25, 0.3) is 0 Å². The van der Waals surface area contributed by atoms with Gasteiger partial charge in [-0.05, 0) is 43.2 Å². The van der Waals surface area contributed by atoms with E-state index in [1.807, 2.05) is 11.3 Å². The molecule has 0 nitrogen and oxygen atoms in total. The number of hydrogen-bond donors (Lipinski definition) is 0. The Hall–Kier alpha value is -0.0100. The van der Waals surface area contributed by atoms with Gasteiger partial charge in [-0.1, -0.05) is 33.6 Å². The van der Waals surface area contributed by atoms with Crippen molar-refractivity contribution in [3.63, 3.8) is 0 Å². The fraction of sp³-hybridized carbons (Fsp3) is 0.733. The van der Waals surface area contributed by atoms with Crippen molar-refractivity contribution in [1.82, 2.24) is 0 Å². The highest BCUT2D eigenvalue weighted by molar-refractivity contribution is 7.11. The molecule has 98 valence electrons. The predicted molar refractivity (Wildman–Crippen MR) is 80.4 cm³/mol. The lowest BCUT2D eigenvalue weighted by atomic mass is 9.78. The van der Waals surface area contributed by atoms with E-state index in [0.29, 0.717) is 5.41 Å². The van der Waals surface area contributed by atoms with E-state index in [1.54, 1.807) is 0 Å². The van der Waals surface area contributed by atoms with E-state index < -0.39 is 0 Å². The maximum absolute atomic E-state index is 6.26. The maximum Gasteiger partial charge on any atom is 0.0283 e. The molecule has 0 bridgehead atoms. The summed E-state index contributed by atoms with van der Waals surface area (Å²) in [5.74, 6) is 0.795. The second kappa shape index (κ2) is 7.43. The third kappa shape index (κ3) is 4.30. The predicted octanol–water partition coefficient (Wildman–Crippen LogP) is 5.68. The first kappa shape index (κ1) is 15.0. The Morgan fingerprint density at radius 1 is 1.18 bits per heavy atom. The molecule has 1 rings (SSSR count). The monoisotopic (exact) mass is 272 g/mol. The molecule has 1 unspecified atom stereocenters. The van der Waals surface area contributed by atoms with Crippen LogP contribution in [0.4, 0.5) is 0 Å². The summed E-state index contributed by atoms with van der Waals surface area (Å²) in [4.78, 5) is 3.01. The van der Waals surface area contributed by atoms with Crippen LogP contribution in [0.5, 0.6) is 0 Å². The Morgan fingerprint density at radius 3 is 2.35 bits per heavy atom. The Morgan fingerprint density at radius 2 is 1.88 bits per heavy atom. The lowest BCUT2D eigenvalue weighted by Crippen LogP contribution is -2.24. The molecule has 0 radical (unpaired) electrons. The molecule has 1 aromatic heterocycles. The number of alkyl halides is 1. The van der Waals surface area contributed by atoms with Gasteiger partial charge in [0.2, 0.25) is 0 Å². The number of rotatable bonds is 8. The highest BCUT2D eigenvalue weighted by atomic mass is 35.5. The Labute approximate surface area is 115 Å². The van der Waals surface area contributed by atoms with Gasteiger partial charge in [-0.25, -0.2) is 0 Å². The fourth-order valence-electron chi connectivity index (χ4n) is 2.23. The molecule has 0 saturated carbocycles. The third-order valence-corrected chi connectivity index (χ3v) is 5.51. The lowest BCUT2D eigenvalue weighted by Gasteiger charge is -2.30. The van der Waals surface area contributed by atoms with Gasteiger partial charge in [0.05, 0.1) is 0 Å². The van der Waals surface area contributed by atoms with Gasteiger partial charge in [-0.3, -0.25) is 0 Å². The summed E-state index contributed by atoms with van der Waals surface area (Å²) < 4.78 is 0. The normalized spacial score (nSPS) is 14.8. The van der Waals surface area contributed by atoms with Crippen molar-refractivity contribution in [2.24, 2.45) is 5.41 Å². The Bertz CT molecular complexity index is 312. The van der Waals surface area contributed by atoms with E-state index in [-0.39, 0.29) is 0 Å². The summed E-state index contributed by atoms with van der Waals surface area (Å²) in [6, 6.07) is 4.57. The van der Waals surface area contributed by atoms with Crippen molar-refractivity contribution < 1.29 is 0 Å². The van der Waals surface area contributed by atoms with Crippen molar-refractivity contribution in [2.75, 3.05) is 5.88 Å². The Balaban J connectivity index is 2.70. The van der Waals surface area contributed by atoms with Crippen LogP contribution < -0.4 is 0 Å². The highest BCUT2D eigenvalue weighted by Gasteiger charge is 2.27. The largest absolute Gasteiger partial charge is 0.145 e. The average molecular weight is 273 g/mol. The Kier molecular flexibility index (Phi) is 6.58. The summed E-state index contributed by atoms with van der Waals surface area (Å²) in [6.45, 7) is 6.77. The van der Waals surface area contributed by atoms with Crippen LogP contribution in [-0.2, 0) is 12.8 Å². The van der Waals surface area contributed by atoms with E-state index in [0.717, 1.165) is 18.7 Å². The number of unbranched alkanes of at least 4 members (excludes halogenated alkanes) is 1. The van der Waals surface area contributed by atoms with Gasteiger partial charge in [0, 0.05) is 15.6 Å². The molecule has 0 aliphatic heterocycles. The second-order valence-electron chi connectivity index (χ2n) is 4.99. The maximum atomic E-state index is 6.26. The van der Waals surface area contributed by atoms with Crippen LogP contribution in [0.2, 0.25) is 0 Å². The SMILES string of the molecule is CCCCC(CC)(CCl)Cc1ccc(CC)s1. The number of halogens is 1. The average Bonchev–Trinajstić information content (AvgIpc) is 2.82. The van der Waals surface area contributed by atoms with Gasteiger partial charge in [0.15, 0.2) is 0 Å². The molecule has 1 heterocycles. The second-order valence-corrected chi connectivity index (χ2v) is 6.51. The number of hydrogen-bond acceptors (Lipinski definition) is 1. The van der Waals surface area contributed by atoms with Gasteiger partial charge in [-0.15, -0.1) is 22.9 Å². The molecule has 1 atom stereocenters. The van der Waals surface area contributed by atoms with Crippen molar-refractivity contribution in [1.29, 1.82) is 0 Å². The van der Waals surface area contributed by atoms with Crippen LogP contribution in [0.1, 0.15) is 56.2 Å². The molecular weight excluding hydrogens is 248 g/mol. The minimum absolute atomic E-state index is 0.327. The van der Waals surface area contributed by atoms with E-state index in [1.165, 1.54) is 35.4 Å². The van der Waals surface area contributed by atoms with Crippen molar-refractivity contribution >= 4 is 22.9 Å². The molecule has 0 saturated heterocycles. The van der Waals surface area contributed by atoms with Crippen molar-refractivity contribution in [2.45, 2.75) is 59.3 Å². The number of thiophene rings is 1. The van der Waals surface area contributed by atoms with E-state index in [9.17, 15) is 0 Å². The quantitative estimate of drug-likeness (QED) is 0.534. The first-order chi connectivity index (χ1) is 8.19. The summed E-state index contributed by atoms with van der Waals surface area (Å²) >= 11 is 8.22. The molecule has 17 heavy (non-hydrogen) atoms. The molecule has 1 aromatic rings.